The van der Waals surface area contributed by atoms with E-state index in [1.165, 1.54) is 0 Å². The average molecular weight is 431 g/mol. The van der Waals surface area contributed by atoms with Crippen molar-refractivity contribution >= 4 is 16.8 Å². The molecule has 0 aliphatic carbocycles. The van der Waals surface area contributed by atoms with E-state index in [2.05, 4.69) is 15.4 Å². The second-order valence-electron chi connectivity index (χ2n) is 7.86. The highest BCUT2D eigenvalue weighted by Crippen LogP contribution is 2.28. The van der Waals surface area contributed by atoms with Crippen molar-refractivity contribution in [1.82, 2.24) is 20.1 Å². The number of aromatic nitrogens is 3. The average Bonchev–Trinajstić information content (AvgIpc) is 3.15. The van der Waals surface area contributed by atoms with Crippen LogP contribution in [-0.2, 0) is 17.9 Å². The highest BCUT2D eigenvalue weighted by Gasteiger charge is 2.31. The van der Waals surface area contributed by atoms with E-state index in [1.54, 1.807) is 26.2 Å². The van der Waals surface area contributed by atoms with E-state index in [1.807, 2.05) is 71.4 Å². The fourth-order valence-corrected chi connectivity index (χ4v) is 3.29. The molecule has 0 aliphatic rings. The van der Waals surface area contributed by atoms with Crippen LogP contribution >= 0.6 is 0 Å². The lowest BCUT2D eigenvalue weighted by atomic mass is 10.1. The summed E-state index contributed by atoms with van der Waals surface area (Å²) in [6.07, 6.45) is 3.40. The van der Waals surface area contributed by atoms with Crippen LogP contribution < -0.4 is 14.8 Å². The normalized spacial score (nSPS) is 11.3. The Morgan fingerprint density at radius 2 is 1.72 bits per heavy atom. The van der Waals surface area contributed by atoms with Crippen molar-refractivity contribution in [2.75, 3.05) is 6.61 Å². The number of para-hydroxylation sites is 2. The highest BCUT2D eigenvalue weighted by molar-refractivity contribution is 5.87. The largest absolute Gasteiger partial charge is 0.492 e. The van der Waals surface area contributed by atoms with Crippen molar-refractivity contribution in [3.8, 4) is 11.6 Å². The summed E-state index contributed by atoms with van der Waals surface area (Å²) in [5.74, 6) is 1.01. The van der Waals surface area contributed by atoms with Gasteiger partial charge in [0, 0.05) is 18.9 Å². The molecule has 0 aliphatic heterocycles. The first-order chi connectivity index (χ1) is 15.5. The maximum atomic E-state index is 12.8. The zero-order chi connectivity index (χ0) is 22.4. The van der Waals surface area contributed by atoms with E-state index in [4.69, 9.17) is 9.47 Å². The Morgan fingerprint density at radius 1 is 1.00 bits per heavy atom. The molecule has 0 bridgehead atoms. The van der Waals surface area contributed by atoms with Gasteiger partial charge >= 0.3 is 0 Å². The van der Waals surface area contributed by atoms with Crippen LogP contribution in [0.3, 0.4) is 0 Å². The van der Waals surface area contributed by atoms with Crippen molar-refractivity contribution in [2.45, 2.75) is 32.5 Å². The van der Waals surface area contributed by atoms with Crippen molar-refractivity contribution in [2.24, 2.45) is 0 Å². The summed E-state index contributed by atoms with van der Waals surface area (Å²) in [5, 5.41) is 8.40. The first-order valence-corrected chi connectivity index (χ1v) is 10.5. The van der Waals surface area contributed by atoms with E-state index < -0.39 is 5.60 Å². The number of hydrogen-bond donors (Lipinski definition) is 1. The van der Waals surface area contributed by atoms with E-state index >= 15 is 0 Å². The van der Waals surface area contributed by atoms with Crippen molar-refractivity contribution in [3.05, 3.63) is 84.7 Å². The molecule has 0 saturated carbocycles. The Labute approximate surface area is 187 Å². The molecule has 0 radical (unpaired) electrons. The smallest absolute Gasteiger partial charge is 0.263 e. The number of hydrogen-bond acceptors (Lipinski definition) is 5. The first kappa shape index (κ1) is 21.4. The van der Waals surface area contributed by atoms with Gasteiger partial charge in [0.1, 0.15) is 12.4 Å². The maximum Gasteiger partial charge on any atom is 0.263 e. The number of fused-ring (bicyclic) bond motifs is 1. The quantitative estimate of drug-likeness (QED) is 0.435. The molecule has 0 fully saturated rings. The monoisotopic (exact) mass is 430 g/mol. The third-order valence-corrected chi connectivity index (χ3v) is 5.04. The van der Waals surface area contributed by atoms with Crippen LogP contribution in [0.15, 0.2) is 79.1 Å². The predicted octanol–water partition coefficient (Wildman–Crippen LogP) is 3.98. The zero-order valence-corrected chi connectivity index (χ0v) is 18.2. The SMILES string of the molecule is CC(C)(Oc1nn(CCOc2ccccc2)c2ccccc12)C(=O)NCc1ccncc1. The Hall–Kier alpha value is -3.87. The molecule has 32 heavy (non-hydrogen) atoms. The number of amides is 1. The van der Waals surface area contributed by atoms with Crippen LogP contribution in [-0.4, -0.2) is 32.9 Å². The topological polar surface area (TPSA) is 78.3 Å². The fraction of sp³-hybridized carbons (Fsp3) is 0.240. The maximum absolute atomic E-state index is 12.8. The van der Waals surface area contributed by atoms with Gasteiger partial charge in [-0.05, 0) is 55.8 Å². The highest BCUT2D eigenvalue weighted by atomic mass is 16.5. The Bertz CT molecular complexity index is 1170. The van der Waals surface area contributed by atoms with E-state index in [9.17, 15) is 4.79 Å². The second kappa shape index (κ2) is 9.51. The molecule has 4 aromatic rings. The van der Waals surface area contributed by atoms with E-state index in [0.29, 0.717) is 25.6 Å². The number of carbonyl (C=O) groups is 1. The van der Waals surface area contributed by atoms with Gasteiger partial charge in [0.25, 0.3) is 5.91 Å². The molecule has 0 atom stereocenters. The third-order valence-electron chi connectivity index (χ3n) is 5.04. The van der Waals surface area contributed by atoms with E-state index in [0.717, 1.165) is 22.2 Å². The molecular formula is C25H26N4O3. The Balaban J connectivity index is 1.45. The number of carbonyl (C=O) groups excluding carboxylic acids is 1. The number of rotatable bonds is 9. The minimum Gasteiger partial charge on any atom is -0.492 e. The molecule has 7 heteroatoms. The van der Waals surface area contributed by atoms with Gasteiger partial charge in [-0.25, -0.2) is 0 Å². The van der Waals surface area contributed by atoms with Crippen molar-refractivity contribution < 1.29 is 14.3 Å². The van der Waals surface area contributed by atoms with Gasteiger partial charge in [0.05, 0.1) is 17.4 Å². The molecule has 0 saturated heterocycles. The summed E-state index contributed by atoms with van der Waals surface area (Å²) in [5.41, 5.74) is 0.791. The molecular weight excluding hydrogens is 404 g/mol. The summed E-state index contributed by atoms with van der Waals surface area (Å²) in [4.78, 5) is 16.8. The lowest BCUT2D eigenvalue weighted by Gasteiger charge is -2.24. The van der Waals surface area contributed by atoms with Crippen molar-refractivity contribution in [3.63, 3.8) is 0 Å². The van der Waals surface area contributed by atoms with Gasteiger partial charge in [-0.1, -0.05) is 30.3 Å². The van der Waals surface area contributed by atoms with Gasteiger partial charge in [-0.2, -0.15) is 0 Å². The Kier molecular flexibility index (Phi) is 6.35. The van der Waals surface area contributed by atoms with Crippen LogP contribution in [0.2, 0.25) is 0 Å². The molecule has 164 valence electrons. The molecule has 1 amide bonds. The van der Waals surface area contributed by atoms with Crippen molar-refractivity contribution in [1.29, 1.82) is 0 Å². The lowest BCUT2D eigenvalue weighted by molar-refractivity contribution is -0.134. The lowest BCUT2D eigenvalue weighted by Crippen LogP contribution is -2.46. The number of nitrogens with one attached hydrogen (secondary N) is 1. The van der Waals surface area contributed by atoms with Crippen LogP contribution in [0, 0.1) is 0 Å². The standard InChI is InChI=1S/C25H26N4O3/c1-25(2,24(30)27-18-19-12-14-26-15-13-19)32-23-21-10-6-7-11-22(21)29(28-23)16-17-31-20-8-4-3-5-9-20/h3-15H,16-18H2,1-2H3,(H,27,30). The molecule has 0 spiro atoms. The zero-order valence-electron chi connectivity index (χ0n) is 18.2. The molecule has 1 N–H and O–H groups in total. The van der Waals surface area contributed by atoms with Crippen LogP contribution in [0.1, 0.15) is 19.4 Å². The summed E-state index contributed by atoms with van der Waals surface area (Å²) < 4.78 is 13.8. The van der Waals surface area contributed by atoms with Gasteiger partial charge in [0.15, 0.2) is 5.60 Å². The number of nitrogens with zero attached hydrogens (tertiary/aromatic N) is 3. The summed E-state index contributed by atoms with van der Waals surface area (Å²) in [6.45, 7) is 4.89. The summed E-state index contributed by atoms with van der Waals surface area (Å²) in [7, 11) is 0. The van der Waals surface area contributed by atoms with E-state index in [-0.39, 0.29) is 5.91 Å². The van der Waals surface area contributed by atoms with Crippen LogP contribution in [0.25, 0.3) is 10.9 Å². The molecule has 0 unspecified atom stereocenters. The summed E-state index contributed by atoms with van der Waals surface area (Å²) in [6, 6.07) is 21.2. The number of benzene rings is 2. The molecule has 4 rings (SSSR count). The molecule has 7 nitrogen and oxygen atoms in total. The number of ether oxygens (including phenoxy) is 2. The van der Waals surface area contributed by atoms with Gasteiger partial charge in [-0.3, -0.25) is 14.5 Å². The van der Waals surface area contributed by atoms with Crippen LogP contribution in [0.5, 0.6) is 11.6 Å². The summed E-state index contributed by atoms with van der Waals surface area (Å²) >= 11 is 0. The Morgan fingerprint density at radius 3 is 2.50 bits per heavy atom. The fourth-order valence-electron chi connectivity index (χ4n) is 3.29. The minimum atomic E-state index is -1.10. The molecule has 2 aromatic heterocycles. The third kappa shape index (κ3) is 5.06. The molecule has 2 heterocycles. The van der Waals surface area contributed by atoms with Gasteiger partial charge < -0.3 is 14.8 Å². The van der Waals surface area contributed by atoms with Gasteiger partial charge in [-0.15, -0.1) is 5.10 Å². The van der Waals surface area contributed by atoms with Gasteiger partial charge in [0.2, 0.25) is 5.88 Å². The number of pyridine rings is 1. The predicted molar refractivity (Wildman–Crippen MR) is 122 cm³/mol. The van der Waals surface area contributed by atoms with Crippen LogP contribution in [0.4, 0.5) is 0 Å². The second-order valence-corrected chi connectivity index (χ2v) is 7.86. The minimum absolute atomic E-state index is 0.222. The first-order valence-electron chi connectivity index (χ1n) is 10.5. The molecule has 2 aromatic carbocycles.